The highest BCUT2D eigenvalue weighted by atomic mass is 79.9. The van der Waals surface area contributed by atoms with Crippen LogP contribution < -0.4 is 11.5 Å². The minimum atomic E-state index is -0.0473. The van der Waals surface area contributed by atoms with Crippen LogP contribution in [0.4, 0.5) is 11.8 Å². The lowest BCUT2D eigenvalue weighted by Gasteiger charge is -2.11. The van der Waals surface area contributed by atoms with E-state index in [-0.39, 0.29) is 28.8 Å². The maximum absolute atomic E-state index is 10.2. The van der Waals surface area contributed by atoms with Crippen LogP contribution in [-0.4, -0.2) is 15.1 Å². The van der Waals surface area contributed by atoms with Crippen molar-refractivity contribution in [2.45, 2.75) is 13.3 Å². The quantitative estimate of drug-likeness (QED) is 0.774. The summed E-state index contributed by atoms with van der Waals surface area (Å²) in [4.78, 5) is 7.79. The van der Waals surface area contributed by atoms with Gasteiger partial charge >= 0.3 is 0 Å². The zero-order chi connectivity index (χ0) is 14.9. The lowest BCUT2D eigenvalue weighted by molar-refractivity contribution is 0.473. The Morgan fingerprint density at radius 1 is 1.35 bits per heavy atom. The van der Waals surface area contributed by atoms with Crippen molar-refractivity contribution >= 4 is 27.7 Å². The van der Waals surface area contributed by atoms with Crippen molar-refractivity contribution in [3.8, 4) is 23.1 Å². The summed E-state index contributed by atoms with van der Waals surface area (Å²) in [6.07, 6.45) is 0.768. The van der Waals surface area contributed by atoms with E-state index in [0.29, 0.717) is 10.0 Å². The number of aromatic hydroxyl groups is 1. The molecule has 0 fully saturated rings. The Hall–Kier alpha value is -2.33. The van der Waals surface area contributed by atoms with Crippen LogP contribution >= 0.6 is 15.9 Å². The average molecular weight is 334 g/mol. The first kappa shape index (κ1) is 14.1. The largest absolute Gasteiger partial charge is 0.506 e. The van der Waals surface area contributed by atoms with Crippen molar-refractivity contribution in [2.75, 3.05) is 11.5 Å². The normalized spacial score (nSPS) is 10.2. The smallest absolute Gasteiger partial charge is 0.222 e. The van der Waals surface area contributed by atoms with E-state index in [1.165, 1.54) is 0 Å². The summed E-state index contributed by atoms with van der Waals surface area (Å²) in [7, 11) is 0. The number of hydrogen-bond acceptors (Lipinski definition) is 6. The molecule has 2 aromatic rings. The molecular formula is C13H12BrN5O. The molecular weight excluding hydrogens is 322 g/mol. The van der Waals surface area contributed by atoms with E-state index in [0.717, 1.165) is 12.0 Å². The second-order valence-corrected chi connectivity index (χ2v) is 4.98. The molecule has 0 atom stereocenters. The minimum Gasteiger partial charge on any atom is -0.506 e. The van der Waals surface area contributed by atoms with Crippen LogP contribution in [-0.2, 0) is 6.42 Å². The Labute approximate surface area is 124 Å². The van der Waals surface area contributed by atoms with Gasteiger partial charge in [-0.25, -0.2) is 4.98 Å². The molecule has 0 aliphatic rings. The SMILES string of the molecule is CCc1cc(Br)c(O)c(-c2nc(N)nc(N)c2C#N)c1. The van der Waals surface area contributed by atoms with Gasteiger partial charge in [-0.05, 0) is 40.0 Å². The zero-order valence-electron chi connectivity index (χ0n) is 10.7. The number of rotatable bonds is 2. The van der Waals surface area contributed by atoms with Crippen LogP contribution in [0, 0.1) is 11.3 Å². The minimum absolute atomic E-state index is 0.00701. The molecule has 0 radical (unpaired) electrons. The van der Waals surface area contributed by atoms with Crippen LogP contribution in [0.1, 0.15) is 18.1 Å². The summed E-state index contributed by atoms with van der Waals surface area (Å²) in [5.41, 5.74) is 12.9. The number of nitrogens with two attached hydrogens (primary N) is 2. The number of aromatic nitrogens is 2. The van der Waals surface area contributed by atoms with E-state index in [1.807, 2.05) is 13.0 Å². The lowest BCUT2D eigenvalue weighted by atomic mass is 10.0. The lowest BCUT2D eigenvalue weighted by Crippen LogP contribution is -2.05. The van der Waals surface area contributed by atoms with Crippen molar-refractivity contribution < 1.29 is 5.11 Å². The number of nitrogens with zero attached hydrogens (tertiary/aromatic N) is 3. The fourth-order valence-corrected chi connectivity index (χ4v) is 2.35. The number of nitriles is 1. The number of phenols is 1. The molecule has 0 spiro atoms. The van der Waals surface area contributed by atoms with Crippen LogP contribution in [0.15, 0.2) is 16.6 Å². The molecule has 102 valence electrons. The van der Waals surface area contributed by atoms with Gasteiger partial charge in [-0.15, -0.1) is 0 Å². The van der Waals surface area contributed by atoms with Gasteiger partial charge in [0.15, 0.2) is 0 Å². The Morgan fingerprint density at radius 3 is 2.65 bits per heavy atom. The summed E-state index contributed by atoms with van der Waals surface area (Å²) in [6, 6.07) is 5.50. The summed E-state index contributed by atoms with van der Waals surface area (Å²) in [5, 5.41) is 19.4. The van der Waals surface area contributed by atoms with Gasteiger partial charge in [0, 0.05) is 5.56 Å². The van der Waals surface area contributed by atoms with Gasteiger partial charge in [0.2, 0.25) is 5.95 Å². The average Bonchev–Trinajstić information content (AvgIpc) is 2.41. The van der Waals surface area contributed by atoms with Gasteiger partial charge in [-0.1, -0.05) is 6.92 Å². The second-order valence-electron chi connectivity index (χ2n) is 4.13. The maximum atomic E-state index is 10.2. The Balaban J connectivity index is 2.81. The predicted molar refractivity (Wildman–Crippen MR) is 79.8 cm³/mol. The molecule has 0 saturated carbocycles. The van der Waals surface area contributed by atoms with Crippen LogP contribution in [0.3, 0.4) is 0 Å². The molecule has 7 heteroatoms. The van der Waals surface area contributed by atoms with Crippen molar-refractivity contribution in [1.29, 1.82) is 5.26 Å². The topological polar surface area (TPSA) is 122 Å². The number of aryl methyl sites for hydroxylation is 1. The van der Waals surface area contributed by atoms with Gasteiger partial charge in [0.1, 0.15) is 23.2 Å². The first-order valence-corrected chi connectivity index (χ1v) is 6.62. The van der Waals surface area contributed by atoms with Gasteiger partial charge < -0.3 is 16.6 Å². The van der Waals surface area contributed by atoms with Gasteiger partial charge in [-0.2, -0.15) is 10.2 Å². The van der Waals surface area contributed by atoms with Crippen molar-refractivity contribution in [1.82, 2.24) is 9.97 Å². The van der Waals surface area contributed by atoms with Crippen molar-refractivity contribution in [3.63, 3.8) is 0 Å². The van der Waals surface area contributed by atoms with Crippen LogP contribution in [0.2, 0.25) is 0 Å². The summed E-state index contributed by atoms with van der Waals surface area (Å²) in [6.45, 7) is 1.98. The third-order valence-corrected chi connectivity index (χ3v) is 3.46. The third-order valence-electron chi connectivity index (χ3n) is 2.85. The molecule has 1 aromatic heterocycles. The number of phenolic OH excluding ortho intramolecular Hbond substituents is 1. The maximum Gasteiger partial charge on any atom is 0.222 e. The summed E-state index contributed by atoms with van der Waals surface area (Å²) < 4.78 is 0.520. The molecule has 20 heavy (non-hydrogen) atoms. The van der Waals surface area contributed by atoms with E-state index in [4.69, 9.17) is 11.5 Å². The highest BCUT2D eigenvalue weighted by Crippen LogP contribution is 2.38. The Morgan fingerprint density at radius 2 is 2.05 bits per heavy atom. The van der Waals surface area contributed by atoms with Crippen molar-refractivity contribution in [3.05, 3.63) is 27.7 Å². The number of anilines is 2. The Kier molecular flexibility index (Phi) is 3.77. The molecule has 1 aromatic carbocycles. The second kappa shape index (κ2) is 5.35. The van der Waals surface area contributed by atoms with Crippen molar-refractivity contribution in [2.24, 2.45) is 0 Å². The molecule has 0 aliphatic carbocycles. The highest BCUT2D eigenvalue weighted by molar-refractivity contribution is 9.10. The number of halogens is 1. The molecule has 1 heterocycles. The van der Waals surface area contributed by atoms with Crippen LogP contribution in [0.5, 0.6) is 5.75 Å². The van der Waals surface area contributed by atoms with E-state index < -0.39 is 0 Å². The summed E-state index contributed by atoms with van der Waals surface area (Å²) in [5.74, 6) is -0.0717. The summed E-state index contributed by atoms with van der Waals surface area (Å²) >= 11 is 3.28. The van der Waals surface area contributed by atoms with Gasteiger partial charge in [0.05, 0.1) is 10.2 Å². The fraction of sp³-hybridized carbons (Fsp3) is 0.154. The Bertz CT molecular complexity index is 724. The fourth-order valence-electron chi connectivity index (χ4n) is 1.84. The molecule has 0 aliphatic heterocycles. The first-order chi connectivity index (χ1) is 9.47. The van der Waals surface area contributed by atoms with Gasteiger partial charge in [-0.3, -0.25) is 0 Å². The molecule has 5 N–H and O–H groups in total. The van der Waals surface area contributed by atoms with Crippen LogP contribution in [0.25, 0.3) is 11.3 Å². The molecule has 0 unspecified atom stereocenters. The number of hydrogen-bond donors (Lipinski definition) is 3. The molecule has 2 rings (SSSR count). The van der Waals surface area contributed by atoms with E-state index in [1.54, 1.807) is 12.1 Å². The molecule has 6 nitrogen and oxygen atoms in total. The number of benzene rings is 1. The van der Waals surface area contributed by atoms with E-state index in [9.17, 15) is 10.4 Å². The standard InChI is InChI=1S/C13H12BrN5O/c1-2-6-3-7(11(20)9(14)4-6)10-8(5-15)12(16)19-13(17)18-10/h3-4,20H,2H2,1H3,(H4,16,17,18,19). The van der Waals surface area contributed by atoms with E-state index in [2.05, 4.69) is 25.9 Å². The molecule has 0 amide bonds. The first-order valence-electron chi connectivity index (χ1n) is 5.82. The zero-order valence-corrected chi connectivity index (χ0v) is 12.3. The highest BCUT2D eigenvalue weighted by Gasteiger charge is 2.18. The third kappa shape index (κ3) is 2.38. The number of nitrogen functional groups attached to an aromatic ring is 2. The predicted octanol–water partition coefficient (Wildman–Crippen LogP) is 2.21. The van der Waals surface area contributed by atoms with Gasteiger partial charge in [0.25, 0.3) is 0 Å². The molecule has 0 saturated heterocycles. The molecule has 0 bridgehead atoms. The van der Waals surface area contributed by atoms with E-state index >= 15 is 0 Å². The monoisotopic (exact) mass is 333 g/mol.